The molecule has 4 rings (SSSR count). The number of aryl methyl sites for hydroxylation is 1. The van der Waals surface area contributed by atoms with Crippen molar-refractivity contribution in [3.05, 3.63) is 58.9 Å². The van der Waals surface area contributed by atoms with Crippen molar-refractivity contribution in [3.8, 4) is 0 Å². The molecule has 3 heterocycles. The third kappa shape index (κ3) is 3.78. The van der Waals surface area contributed by atoms with Gasteiger partial charge in [0.05, 0.1) is 25.5 Å². The van der Waals surface area contributed by atoms with Gasteiger partial charge in [-0.15, -0.1) is 0 Å². The highest BCUT2D eigenvalue weighted by Crippen LogP contribution is 2.34. The molecule has 1 aromatic carbocycles. The Kier molecular flexibility index (Phi) is 5.29. The Morgan fingerprint density at radius 3 is 2.70 bits per heavy atom. The predicted molar refractivity (Wildman–Crippen MR) is 105 cm³/mol. The van der Waals surface area contributed by atoms with E-state index in [0.29, 0.717) is 31.2 Å². The summed E-state index contributed by atoms with van der Waals surface area (Å²) in [5.41, 5.74) is 2.80. The van der Waals surface area contributed by atoms with Crippen LogP contribution in [0, 0.1) is 0 Å². The minimum atomic E-state index is -0.121. The molecule has 142 valence electrons. The van der Waals surface area contributed by atoms with Crippen molar-refractivity contribution >= 4 is 23.2 Å². The van der Waals surface area contributed by atoms with E-state index in [-0.39, 0.29) is 11.9 Å². The average molecular weight is 387 g/mol. The van der Waals surface area contributed by atoms with Gasteiger partial charge in [0.25, 0.3) is 5.91 Å². The molecule has 1 fully saturated rings. The van der Waals surface area contributed by atoms with Crippen molar-refractivity contribution in [1.29, 1.82) is 0 Å². The summed E-state index contributed by atoms with van der Waals surface area (Å²) >= 11 is 6.38. The number of ether oxygens (including phenoxy) is 1. The van der Waals surface area contributed by atoms with Crippen LogP contribution in [0.15, 0.2) is 47.7 Å². The van der Waals surface area contributed by atoms with E-state index in [1.165, 1.54) is 0 Å². The summed E-state index contributed by atoms with van der Waals surface area (Å²) < 4.78 is 7.42. The number of carbonyl (C=O) groups excluding carboxylic acids is 1. The van der Waals surface area contributed by atoms with Gasteiger partial charge in [-0.1, -0.05) is 29.8 Å². The van der Waals surface area contributed by atoms with E-state index < -0.39 is 0 Å². The Morgan fingerprint density at radius 1 is 1.22 bits per heavy atom. The van der Waals surface area contributed by atoms with Crippen LogP contribution in [0.5, 0.6) is 0 Å². The molecule has 0 aliphatic carbocycles. The van der Waals surface area contributed by atoms with Crippen LogP contribution in [-0.2, 0) is 16.6 Å². The van der Waals surface area contributed by atoms with Crippen molar-refractivity contribution in [3.63, 3.8) is 0 Å². The van der Waals surface area contributed by atoms with Gasteiger partial charge in [-0.2, -0.15) is 5.10 Å². The number of hydrogen-bond donors (Lipinski definition) is 0. The van der Waals surface area contributed by atoms with Gasteiger partial charge in [-0.3, -0.25) is 9.69 Å². The molecular formula is C20H23ClN4O2. The maximum Gasteiger partial charge on any atom is 0.257 e. The second-order valence-corrected chi connectivity index (χ2v) is 7.32. The zero-order chi connectivity index (χ0) is 18.8. The maximum atomic E-state index is 13.1. The smallest absolute Gasteiger partial charge is 0.257 e. The van der Waals surface area contributed by atoms with E-state index in [1.807, 2.05) is 54.2 Å². The van der Waals surface area contributed by atoms with Crippen LogP contribution in [-0.4, -0.2) is 58.9 Å². The molecule has 1 amide bonds. The first kappa shape index (κ1) is 18.2. The standard InChI is InChI=1S/C20H23ClN4O2/c1-23-8-4-7-18(23)19-13-17(15-5-2-3-6-16(15)21)22-25(19)20(26)14-24-9-11-27-12-10-24/h2-8,19H,9-14H2,1H3/t19-/m0/s1. The zero-order valence-electron chi connectivity index (χ0n) is 15.3. The predicted octanol–water partition coefficient (Wildman–Crippen LogP) is 2.69. The summed E-state index contributed by atoms with van der Waals surface area (Å²) in [5, 5.41) is 7.01. The lowest BCUT2D eigenvalue weighted by Crippen LogP contribution is -2.43. The Morgan fingerprint density at radius 2 is 2.00 bits per heavy atom. The molecule has 0 bridgehead atoms. The van der Waals surface area contributed by atoms with E-state index >= 15 is 0 Å². The molecule has 1 aromatic heterocycles. The minimum Gasteiger partial charge on any atom is -0.379 e. The van der Waals surface area contributed by atoms with Crippen LogP contribution in [0.2, 0.25) is 5.02 Å². The highest BCUT2D eigenvalue weighted by atomic mass is 35.5. The lowest BCUT2D eigenvalue weighted by atomic mass is 10.0. The quantitative estimate of drug-likeness (QED) is 0.811. The minimum absolute atomic E-state index is 0.00477. The zero-order valence-corrected chi connectivity index (χ0v) is 16.1. The topological polar surface area (TPSA) is 50.1 Å². The van der Waals surface area contributed by atoms with E-state index in [9.17, 15) is 4.79 Å². The van der Waals surface area contributed by atoms with Crippen molar-refractivity contribution in [1.82, 2.24) is 14.5 Å². The third-order valence-electron chi connectivity index (χ3n) is 5.14. The summed E-state index contributed by atoms with van der Waals surface area (Å²) in [4.78, 5) is 15.2. The number of amides is 1. The largest absolute Gasteiger partial charge is 0.379 e. The molecule has 1 saturated heterocycles. The molecule has 1 atom stereocenters. The number of carbonyl (C=O) groups is 1. The van der Waals surface area contributed by atoms with Crippen molar-refractivity contribution < 1.29 is 9.53 Å². The Hall–Kier alpha value is -2.15. The normalized spacial score (nSPS) is 20.7. The molecule has 27 heavy (non-hydrogen) atoms. The van der Waals surface area contributed by atoms with E-state index in [2.05, 4.69) is 4.90 Å². The average Bonchev–Trinajstić information content (AvgIpc) is 3.29. The van der Waals surface area contributed by atoms with E-state index in [1.54, 1.807) is 5.01 Å². The van der Waals surface area contributed by atoms with Crippen LogP contribution in [0.1, 0.15) is 23.7 Å². The number of hydrogen-bond acceptors (Lipinski definition) is 4. The van der Waals surface area contributed by atoms with Gasteiger partial charge in [-0.05, 0) is 18.2 Å². The van der Waals surface area contributed by atoms with Gasteiger partial charge in [0.2, 0.25) is 0 Å². The monoisotopic (exact) mass is 386 g/mol. The fourth-order valence-electron chi connectivity index (χ4n) is 3.67. The fourth-order valence-corrected chi connectivity index (χ4v) is 3.92. The van der Waals surface area contributed by atoms with Crippen LogP contribution < -0.4 is 0 Å². The van der Waals surface area contributed by atoms with Crippen LogP contribution in [0.4, 0.5) is 0 Å². The molecule has 0 spiro atoms. The van der Waals surface area contributed by atoms with Crippen molar-refractivity contribution in [2.24, 2.45) is 12.1 Å². The maximum absolute atomic E-state index is 13.1. The van der Waals surface area contributed by atoms with Crippen molar-refractivity contribution in [2.75, 3.05) is 32.8 Å². The third-order valence-corrected chi connectivity index (χ3v) is 5.47. The summed E-state index contributed by atoms with van der Waals surface area (Å²) in [6, 6.07) is 11.6. The second kappa shape index (κ2) is 7.84. The number of halogens is 1. The second-order valence-electron chi connectivity index (χ2n) is 6.92. The molecule has 2 aliphatic rings. The van der Waals surface area contributed by atoms with Crippen LogP contribution in [0.3, 0.4) is 0 Å². The first-order valence-electron chi connectivity index (χ1n) is 9.19. The highest BCUT2D eigenvalue weighted by molar-refractivity contribution is 6.34. The lowest BCUT2D eigenvalue weighted by molar-refractivity contribution is -0.135. The van der Waals surface area contributed by atoms with Gasteiger partial charge in [0.1, 0.15) is 6.04 Å². The number of rotatable bonds is 4. The number of nitrogens with zero attached hydrogens (tertiary/aromatic N) is 4. The van der Waals surface area contributed by atoms with Crippen LogP contribution in [0.25, 0.3) is 0 Å². The van der Waals surface area contributed by atoms with Crippen molar-refractivity contribution in [2.45, 2.75) is 12.5 Å². The summed E-state index contributed by atoms with van der Waals surface area (Å²) in [6.07, 6.45) is 2.64. The molecular weight excluding hydrogens is 364 g/mol. The summed E-state index contributed by atoms with van der Waals surface area (Å²) in [6.45, 7) is 3.24. The molecule has 0 N–H and O–H groups in total. The molecule has 6 nitrogen and oxygen atoms in total. The number of benzene rings is 1. The SMILES string of the molecule is Cn1cccc1[C@@H]1CC(c2ccccc2Cl)=NN1C(=O)CN1CCOCC1. The first-order chi connectivity index (χ1) is 13.1. The molecule has 0 radical (unpaired) electrons. The molecule has 7 heteroatoms. The number of hydrazone groups is 1. The van der Waals surface area contributed by atoms with Gasteiger partial charge in [0, 0.05) is 49.0 Å². The molecule has 0 saturated carbocycles. The number of aromatic nitrogens is 1. The Bertz CT molecular complexity index is 857. The molecule has 2 aromatic rings. The number of morpholine rings is 1. The molecule has 0 unspecified atom stereocenters. The van der Waals surface area contributed by atoms with Crippen LogP contribution >= 0.6 is 11.6 Å². The Balaban J connectivity index is 1.62. The summed E-state index contributed by atoms with van der Waals surface area (Å²) in [5.74, 6) is 0.00477. The fraction of sp³-hybridized carbons (Fsp3) is 0.400. The first-order valence-corrected chi connectivity index (χ1v) is 9.57. The van der Waals surface area contributed by atoms with Gasteiger partial charge in [0.15, 0.2) is 0 Å². The van der Waals surface area contributed by atoms with E-state index in [0.717, 1.165) is 30.1 Å². The lowest BCUT2D eigenvalue weighted by Gasteiger charge is -2.29. The highest BCUT2D eigenvalue weighted by Gasteiger charge is 2.35. The van der Waals surface area contributed by atoms with Gasteiger partial charge in [-0.25, -0.2) is 5.01 Å². The van der Waals surface area contributed by atoms with Gasteiger partial charge >= 0.3 is 0 Å². The van der Waals surface area contributed by atoms with E-state index in [4.69, 9.17) is 21.4 Å². The summed E-state index contributed by atoms with van der Waals surface area (Å²) in [7, 11) is 1.99. The van der Waals surface area contributed by atoms with Gasteiger partial charge < -0.3 is 9.30 Å². The Labute approximate surface area is 164 Å². The molecule has 2 aliphatic heterocycles.